The lowest BCUT2D eigenvalue weighted by Gasteiger charge is -2.34. The third kappa shape index (κ3) is 4.34. The van der Waals surface area contributed by atoms with E-state index in [1.807, 2.05) is 18.4 Å². The van der Waals surface area contributed by atoms with E-state index in [9.17, 15) is 13.2 Å². The number of ether oxygens (including phenoxy) is 1. The molecule has 1 aliphatic heterocycles. The average molecular weight is 406 g/mol. The summed E-state index contributed by atoms with van der Waals surface area (Å²) in [5.74, 6) is 0.0541. The fourth-order valence-electron chi connectivity index (χ4n) is 3.43. The molecule has 1 aliphatic rings. The molecule has 0 saturated carbocycles. The number of nitrogens with zero attached hydrogens (tertiary/aromatic N) is 3. The van der Waals surface area contributed by atoms with Gasteiger partial charge < -0.3 is 9.30 Å². The van der Waals surface area contributed by atoms with E-state index in [0.29, 0.717) is 31.0 Å². The van der Waals surface area contributed by atoms with Crippen LogP contribution in [0, 0.1) is 0 Å². The maximum absolute atomic E-state index is 13.1. The Morgan fingerprint density at radius 1 is 1.25 bits per heavy atom. The van der Waals surface area contributed by atoms with E-state index < -0.39 is 10.0 Å². The molecule has 1 saturated heterocycles. The highest BCUT2D eigenvalue weighted by molar-refractivity contribution is 7.89. The van der Waals surface area contributed by atoms with Crippen molar-refractivity contribution in [3.8, 4) is 0 Å². The molecule has 1 aromatic carbocycles. The maximum atomic E-state index is 13.1. The Bertz CT molecular complexity index is 928. The number of benzene rings is 1. The van der Waals surface area contributed by atoms with Gasteiger partial charge in [-0.1, -0.05) is 25.5 Å². The zero-order chi connectivity index (χ0) is 20.3. The van der Waals surface area contributed by atoms with Crippen LogP contribution in [-0.4, -0.2) is 53.4 Å². The van der Waals surface area contributed by atoms with Crippen LogP contribution >= 0.6 is 0 Å². The number of morpholine rings is 1. The van der Waals surface area contributed by atoms with Crippen molar-refractivity contribution in [2.45, 2.75) is 57.3 Å². The quantitative estimate of drug-likeness (QED) is 0.662. The third-order valence-corrected chi connectivity index (χ3v) is 6.62. The summed E-state index contributed by atoms with van der Waals surface area (Å²) in [7, 11) is -3.70. The number of unbranched alkanes of at least 4 members (excludes halogenated alkanes) is 1. The predicted octanol–water partition coefficient (Wildman–Crippen LogP) is 2.71. The summed E-state index contributed by atoms with van der Waals surface area (Å²) < 4.78 is 35.1. The van der Waals surface area contributed by atoms with Gasteiger partial charge in [0.2, 0.25) is 15.8 Å². The van der Waals surface area contributed by atoms with Crippen molar-refractivity contribution in [1.29, 1.82) is 0 Å². The number of hydrogen-bond acceptors (Lipinski definition) is 5. The minimum atomic E-state index is -3.70. The molecule has 0 spiro atoms. The number of sulfonamides is 1. The van der Waals surface area contributed by atoms with Gasteiger partial charge in [0.15, 0.2) is 5.82 Å². The highest BCUT2D eigenvalue weighted by atomic mass is 32.2. The molecule has 2 atom stereocenters. The van der Waals surface area contributed by atoms with Crippen LogP contribution in [0.5, 0.6) is 0 Å². The van der Waals surface area contributed by atoms with Crippen LogP contribution in [0.25, 0.3) is 0 Å². The van der Waals surface area contributed by atoms with Gasteiger partial charge in [0.05, 0.1) is 17.1 Å². The zero-order valence-electron chi connectivity index (χ0n) is 16.5. The number of hydrogen-bond donors (Lipinski definition) is 0. The van der Waals surface area contributed by atoms with Crippen molar-refractivity contribution < 1.29 is 17.9 Å². The van der Waals surface area contributed by atoms with Crippen molar-refractivity contribution in [2.24, 2.45) is 0 Å². The average Bonchev–Trinajstić information content (AvgIpc) is 3.13. The van der Waals surface area contributed by atoms with E-state index in [1.165, 1.54) is 16.4 Å². The molecular formula is C20H27N3O4S. The van der Waals surface area contributed by atoms with Crippen molar-refractivity contribution in [3.05, 3.63) is 48.0 Å². The molecule has 0 unspecified atom stereocenters. The van der Waals surface area contributed by atoms with Crippen LogP contribution in [0.2, 0.25) is 0 Å². The highest BCUT2D eigenvalue weighted by Gasteiger charge is 2.32. The first-order valence-corrected chi connectivity index (χ1v) is 11.1. The second-order valence-electron chi connectivity index (χ2n) is 7.23. The van der Waals surface area contributed by atoms with Crippen LogP contribution < -0.4 is 0 Å². The lowest BCUT2D eigenvalue weighted by atomic mass is 10.1. The first-order chi connectivity index (χ1) is 13.3. The highest BCUT2D eigenvalue weighted by Crippen LogP contribution is 2.22. The molecule has 2 aromatic rings. The fraction of sp³-hybridized carbons (Fsp3) is 0.500. The minimum Gasteiger partial charge on any atom is -0.373 e. The summed E-state index contributed by atoms with van der Waals surface area (Å²) >= 11 is 0. The first-order valence-electron chi connectivity index (χ1n) is 9.64. The first kappa shape index (κ1) is 20.7. The molecule has 0 N–H and O–H groups in total. The number of carbonyl (C=O) groups excluding carboxylic acids is 1. The second-order valence-corrected chi connectivity index (χ2v) is 9.17. The largest absolute Gasteiger partial charge is 0.373 e. The van der Waals surface area contributed by atoms with E-state index in [1.54, 1.807) is 24.5 Å². The topological polar surface area (TPSA) is 81.5 Å². The Labute approximate surface area is 166 Å². The molecule has 0 amide bonds. The standard InChI is InChI=1S/C20H27N3O4S/c1-4-5-10-22-11-9-21-20(22)19(24)17-7-6-8-18(12-17)28(25,26)23-13-15(2)27-16(3)14-23/h6-9,11-12,15-16H,4-5,10,13-14H2,1-3H3/t15-,16-/m0/s1. The fourth-order valence-corrected chi connectivity index (χ4v) is 5.07. The Balaban J connectivity index is 1.88. The number of aromatic nitrogens is 2. The van der Waals surface area contributed by atoms with Gasteiger partial charge in [0, 0.05) is 37.6 Å². The zero-order valence-corrected chi connectivity index (χ0v) is 17.4. The van der Waals surface area contributed by atoms with Gasteiger partial charge in [-0.15, -0.1) is 0 Å². The van der Waals surface area contributed by atoms with Gasteiger partial charge in [-0.3, -0.25) is 4.79 Å². The Morgan fingerprint density at radius 2 is 1.96 bits per heavy atom. The van der Waals surface area contributed by atoms with E-state index >= 15 is 0 Å². The molecule has 1 aromatic heterocycles. The summed E-state index contributed by atoms with van der Waals surface area (Å²) in [5.41, 5.74) is 0.319. The van der Waals surface area contributed by atoms with Crippen molar-refractivity contribution in [3.63, 3.8) is 0 Å². The van der Waals surface area contributed by atoms with Gasteiger partial charge in [0.1, 0.15) is 0 Å². The van der Waals surface area contributed by atoms with Crippen molar-refractivity contribution in [2.75, 3.05) is 13.1 Å². The van der Waals surface area contributed by atoms with Crippen LogP contribution in [0.4, 0.5) is 0 Å². The van der Waals surface area contributed by atoms with Crippen LogP contribution in [0.15, 0.2) is 41.6 Å². The van der Waals surface area contributed by atoms with Crippen molar-refractivity contribution in [1.82, 2.24) is 13.9 Å². The van der Waals surface area contributed by atoms with E-state index in [-0.39, 0.29) is 22.9 Å². The Kier molecular flexibility index (Phi) is 6.32. The molecule has 7 nitrogen and oxygen atoms in total. The number of ketones is 1. The lowest BCUT2D eigenvalue weighted by molar-refractivity contribution is -0.0440. The van der Waals surface area contributed by atoms with Crippen LogP contribution in [0.1, 0.15) is 49.8 Å². The molecule has 0 aliphatic carbocycles. The molecule has 152 valence electrons. The van der Waals surface area contributed by atoms with Crippen LogP contribution in [0.3, 0.4) is 0 Å². The summed E-state index contributed by atoms with van der Waals surface area (Å²) in [6, 6.07) is 6.21. The molecule has 3 rings (SSSR count). The SMILES string of the molecule is CCCCn1ccnc1C(=O)c1cccc(S(=O)(=O)N2C[C@H](C)O[C@@H](C)C2)c1. The summed E-state index contributed by atoms with van der Waals surface area (Å²) in [4.78, 5) is 17.2. The molecule has 0 radical (unpaired) electrons. The third-order valence-electron chi connectivity index (χ3n) is 4.79. The smallest absolute Gasteiger partial charge is 0.243 e. The molecule has 8 heteroatoms. The second kappa shape index (κ2) is 8.55. The minimum absolute atomic E-state index is 0.117. The monoisotopic (exact) mass is 405 g/mol. The molecule has 1 fully saturated rings. The molecule has 28 heavy (non-hydrogen) atoms. The normalized spacial score (nSPS) is 21.0. The number of aryl methyl sites for hydroxylation is 1. The van der Waals surface area contributed by atoms with E-state index in [2.05, 4.69) is 11.9 Å². The summed E-state index contributed by atoms with van der Waals surface area (Å²) in [6.07, 6.45) is 4.98. The van der Waals surface area contributed by atoms with E-state index in [0.717, 1.165) is 12.8 Å². The number of imidazole rings is 1. The van der Waals surface area contributed by atoms with Gasteiger partial charge in [-0.05, 0) is 32.4 Å². The Morgan fingerprint density at radius 3 is 2.64 bits per heavy atom. The molecule has 0 bridgehead atoms. The maximum Gasteiger partial charge on any atom is 0.243 e. The predicted molar refractivity (Wildman–Crippen MR) is 106 cm³/mol. The molecular weight excluding hydrogens is 378 g/mol. The van der Waals surface area contributed by atoms with Gasteiger partial charge in [-0.2, -0.15) is 4.31 Å². The summed E-state index contributed by atoms with van der Waals surface area (Å²) in [5, 5.41) is 0. The van der Waals surface area contributed by atoms with Gasteiger partial charge in [0.25, 0.3) is 0 Å². The Hall–Kier alpha value is -2.03. The van der Waals surface area contributed by atoms with Crippen molar-refractivity contribution >= 4 is 15.8 Å². The number of rotatable bonds is 7. The van der Waals surface area contributed by atoms with E-state index in [4.69, 9.17) is 4.74 Å². The van der Waals surface area contributed by atoms with Gasteiger partial charge >= 0.3 is 0 Å². The lowest BCUT2D eigenvalue weighted by Crippen LogP contribution is -2.48. The molecule has 2 heterocycles. The number of carbonyl (C=O) groups is 1. The summed E-state index contributed by atoms with van der Waals surface area (Å²) in [6.45, 7) is 7.10. The van der Waals surface area contributed by atoms with Gasteiger partial charge in [-0.25, -0.2) is 13.4 Å². The van der Waals surface area contributed by atoms with Crippen LogP contribution in [-0.2, 0) is 21.3 Å².